The van der Waals surface area contributed by atoms with E-state index in [4.69, 9.17) is 5.84 Å². The van der Waals surface area contributed by atoms with Crippen LogP contribution in [0.25, 0.3) is 0 Å². The molecule has 0 saturated heterocycles. The van der Waals surface area contributed by atoms with E-state index in [1.807, 2.05) is 6.92 Å². The zero-order chi connectivity index (χ0) is 13.5. The largest absolute Gasteiger partial charge is 0.362 e. The van der Waals surface area contributed by atoms with Gasteiger partial charge in [-0.1, -0.05) is 19.8 Å². The number of rotatable bonds is 7. The lowest BCUT2D eigenvalue weighted by Crippen LogP contribution is -2.19. The van der Waals surface area contributed by atoms with Crippen molar-refractivity contribution >= 4 is 17.5 Å². The van der Waals surface area contributed by atoms with Gasteiger partial charge in [-0.2, -0.15) is 4.98 Å². The van der Waals surface area contributed by atoms with Crippen LogP contribution >= 0.6 is 0 Å². The number of nitrogen functional groups attached to an aromatic ring is 1. The van der Waals surface area contributed by atoms with Crippen LogP contribution in [-0.2, 0) is 0 Å². The van der Waals surface area contributed by atoms with E-state index in [9.17, 15) is 10.1 Å². The van der Waals surface area contributed by atoms with Gasteiger partial charge in [0.25, 0.3) is 0 Å². The maximum Gasteiger partial charge on any atom is 0.329 e. The Balaban J connectivity index is 2.86. The van der Waals surface area contributed by atoms with Crippen LogP contribution in [-0.4, -0.2) is 20.9 Å². The van der Waals surface area contributed by atoms with Crippen molar-refractivity contribution < 1.29 is 4.92 Å². The molecule has 1 heterocycles. The van der Waals surface area contributed by atoms with Gasteiger partial charge in [-0.15, -0.1) is 0 Å². The Morgan fingerprint density at radius 1 is 1.61 bits per heavy atom. The van der Waals surface area contributed by atoms with Gasteiger partial charge in [0.2, 0.25) is 11.8 Å². The van der Waals surface area contributed by atoms with E-state index in [2.05, 4.69) is 27.6 Å². The molecule has 0 radical (unpaired) electrons. The number of nitrogens with two attached hydrogens (primary N) is 1. The van der Waals surface area contributed by atoms with E-state index in [1.165, 1.54) is 0 Å². The summed E-state index contributed by atoms with van der Waals surface area (Å²) >= 11 is 0. The Kier molecular flexibility index (Phi) is 5.25. The number of unbranched alkanes of at least 4 members (excludes halogenated alkanes) is 1. The first-order valence-corrected chi connectivity index (χ1v) is 5.83. The molecule has 0 aliphatic carbocycles. The molecule has 100 valence electrons. The van der Waals surface area contributed by atoms with Crippen molar-refractivity contribution in [2.24, 2.45) is 5.84 Å². The van der Waals surface area contributed by atoms with Gasteiger partial charge in [-0.3, -0.25) is 15.5 Å². The fourth-order valence-corrected chi connectivity index (χ4v) is 1.50. The first-order valence-electron chi connectivity index (χ1n) is 5.83. The topological polar surface area (TPSA) is 119 Å². The molecule has 0 aliphatic heterocycles. The number of nitrogens with zero attached hydrogens (tertiary/aromatic N) is 3. The fourth-order valence-electron chi connectivity index (χ4n) is 1.50. The molecule has 8 nitrogen and oxygen atoms in total. The third-order valence-corrected chi connectivity index (χ3v) is 2.47. The monoisotopic (exact) mass is 254 g/mol. The molecular formula is C10H18N6O2. The van der Waals surface area contributed by atoms with E-state index >= 15 is 0 Å². The van der Waals surface area contributed by atoms with Crippen LogP contribution in [0.4, 0.5) is 17.5 Å². The van der Waals surface area contributed by atoms with E-state index in [0.29, 0.717) is 0 Å². The predicted molar refractivity (Wildman–Crippen MR) is 69.1 cm³/mol. The van der Waals surface area contributed by atoms with Crippen molar-refractivity contribution in [3.63, 3.8) is 0 Å². The van der Waals surface area contributed by atoms with Gasteiger partial charge in [-0.05, 0) is 13.3 Å². The summed E-state index contributed by atoms with van der Waals surface area (Å²) in [6.07, 6.45) is 4.18. The maximum absolute atomic E-state index is 10.9. The molecule has 1 unspecified atom stereocenters. The molecule has 1 rings (SSSR count). The summed E-state index contributed by atoms with van der Waals surface area (Å²) in [6, 6.07) is 0.101. The molecule has 1 atom stereocenters. The molecule has 8 heteroatoms. The Bertz CT molecular complexity index is 411. The molecule has 0 amide bonds. The second-order valence-electron chi connectivity index (χ2n) is 4.02. The fraction of sp³-hybridized carbons (Fsp3) is 0.600. The minimum absolute atomic E-state index is 0.101. The van der Waals surface area contributed by atoms with Crippen molar-refractivity contribution in [1.82, 2.24) is 9.97 Å². The highest BCUT2D eigenvalue weighted by Gasteiger charge is 2.18. The van der Waals surface area contributed by atoms with Crippen molar-refractivity contribution in [2.75, 3.05) is 10.7 Å². The van der Waals surface area contributed by atoms with Gasteiger partial charge >= 0.3 is 5.69 Å². The lowest BCUT2D eigenvalue weighted by molar-refractivity contribution is -0.384. The van der Waals surface area contributed by atoms with Gasteiger partial charge in [0.1, 0.15) is 6.20 Å². The summed E-state index contributed by atoms with van der Waals surface area (Å²) in [4.78, 5) is 18.0. The summed E-state index contributed by atoms with van der Waals surface area (Å²) in [5.74, 6) is 5.51. The third-order valence-electron chi connectivity index (χ3n) is 2.47. The van der Waals surface area contributed by atoms with Crippen molar-refractivity contribution in [3.05, 3.63) is 16.3 Å². The first-order chi connectivity index (χ1) is 8.58. The van der Waals surface area contributed by atoms with E-state index in [0.717, 1.165) is 25.5 Å². The highest BCUT2D eigenvalue weighted by molar-refractivity contribution is 5.57. The smallest absolute Gasteiger partial charge is 0.329 e. The minimum Gasteiger partial charge on any atom is -0.362 e. The van der Waals surface area contributed by atoms with Gasteiger partial charge < -0.3 is 5.32 Å². The number of hydrogen-bond acceptors (Lipinski definition) is 7. The van der Waals surface area contributed by atoms with Crippen LogP contribution in [0.15, 0.2) is 6.20 Å². The molecule has 4 N–H and O–H groups in total. The third kappa shape index (κ3) is 3.81. The average molecular weight is 254 g/mol. The summed E-state index contributed by atoms with van der Waals surface area (Å²) in [7, 11) is 0. The molecule has 1 aromatic heterocycles. The number of aromatic nitrogens is 2. The number of nitrogens with one attached hydrogen (secondary N) is 2. The number of hydrazine groups is 1. The highest BCUT2D eigenvalue weighted by Crippen LogP contribution is 2.23. The molecule has 0 aromatic carbocycles. The van der Waals surface area contributed by atoms with Crippen molar-refractivity contribution in [2.45, 2.75) is 39.2 Å². The normalized spacial score (nSPS) is 11.9. The molecular weight excluding hydrogens is 236 g/mol. The van der Waals surface area contributed by atoms with Gasteiger partial charge in [0.15, 0.2) is 0 Å². The van der Waals surface area contributed by atoms with Crippen LogP contribution in [0.3, 0.4) is 0 Å². The number of anilines is 2. The zero-order valence-corrected chi connectivity index (χ0v) is 10.5. The molecule has 0 bridgehead atoms. The first kappa shape index (κ1) is 14.1. The molecule has 0 saturated carbocycles. The predicted octanol–water partition coefficient (Wildman–Crippen LogP) is 1.66. The lowest BCUT2D eigenvalue weighted by atomic mass is 10.1. The number of nitro groups is 1. The standard InChI is InChI=1S/C10H18N6O2/c1-3-4-5-7(2)13-9-8(16(17)18)6-12-10(14-9)15-11/h6-7H,3-5,11H2,1-2H3,(H2,12,13,14,15). The summed E-state index contributed by atoms with van der Waals surface area (Å²) in [6.45, 7) is 4.05. The van der Waals surface area contributed by atoms with Gasteiger partial charge in [0, 0.05) is 6.04 Å². The molecule has 18 heavy (non-hydrogen) atoms. The molecule has 0 fully saturated rings. The van der Waals surface area contributed by atoms with Crippen LogP contribution in [0.1, 0.15) is 33.1 Å². The second-order valence-corrected chi connectivity index (χ2v) is 4.02. The lowest BCUT2D eigenvalue weighted by Gasteiger charge is -2.14. The summed E-state index contributed by atoms with van der Waals surface area (Å²) < 4.78 is 0. The Hall–Kier alpha value is -1.96. The Labute approximate surface area is 105 Å². The summed E-state index contributed by atoms with van der Waals surface area (Å²) in [5.41, 5.74) is 2.11. The van der Waals surface area contributed by atoms with Gasteiger partial charge in [0.05, 0.1) is 4.92 Å². The molecule has 0 aliphatic rings. The van der Waals surface area contributed by atoms with Crippen LogP contribution in [0.2, 0.25) is 0 Å². The second kappa shape index (κ2) is 6.70. The molecule has 1 aromatic rings. The maximum atomic E-state index is 10.9. The van der Waals surface area contributed by atoms with E-state index in [1.54, 1.807) is 0 Å². The van der Waals surface area contributed by atoms with Crippen LogP contribution < -0.4 is 16.6 Å². The van der Waals surface area contributed by atoms with Crippen LogP contribution in [0, 0.1) is 10.1 Å². The Morgan fingerprint density at radius 3 is 2.89 bits per heavy atom. The van der Waals surface area contributed by atoms with Crippen molar-refractivity contribution in [1.29, 1.82) is 0 Å². The quantitative estimate of drug-likeness (QED) is 0.384. The summed E-state index contributed by atoms with van der Waals surface area (Å²) in [5, 5.41) is 13.9. The number of hydrogen-bond donors (Lipinski definition) is 3. The van der Waals surface area contributed by atoms with E-state index in [-0.39, 0.29) is 23.5 Å². The van der Waals surface area contributed by atoms with E-state index < -0.39 is 4.92 Å². The SMILES string of the molecule is CCCCC(C)Nc1nc(NN)ncc1[N+](=O)[O-]. The highest BCUT2D eigenvalue weighted by atomic mass is 16.6. The van der Waals surface area contributed by atoms with Crippen molar-refractivity contribution in [3.8, 4) is 0 Å². The van der Waals surface area contributed by atoms with Crippen LogP contribution in [0.5, 0.6) is 0 Å². The Morgan fingerprint density at radius 2 is 2.33 bits per heavy atom. The zero-order valence-electron chi connectivity index (χ0n) is 10.5. The minimum atomic E-state index is -0.519. The molecule has 0 spiro atoms. The van der Waals surface area contributed by atoms with Gasteiger partial charge in [-0.25, -0.2) is 10.8 Å². The average Bonchev–Trinajstić information content (AvgIpc) is 2.35.